The summed E-state index contributed by atoms with van der Waals surface area (Å²) in [6.07, 6.45) is 14.8. The lowest BCUT2D eigenvalue weighted by Crippen LogP contribution is -2.25. The van der Waals surface area contributed by atoms with E-state index in [1.165, 1.54) is 95.5 Å². The number of nitrogens with zero attached hydrogens (tertiary/aromatic N) is 1. The van der Waals surface area contributed by atoms with E-state index in [0.717, 1.165) is 31.4 Å². The van der Waals surface area contributed by atoms with Gasteiger partial charge >= 0.3 is 0 Å². The quantitative estimate of drug-likeness (QED) is 0.133. The minimum Gasteiger partial charge on any atom is -0.352 e. The van der Waals surface area contributed by atoms with Crippen molar-refractivity contribution in [3.8, 4) is 0 Å². The summed E-state index contributed by atoms with van der Waals surface area (Å²) < 4.78 is 0. The molecule has 0 spiro atoms. The van der Waals surface area contributed by atoms with E-state index < -0.39 is 0 Å². The zero-order valence-electron chi connectivity index (χ0n) is 26.1. The van der Waals surface area contributed by atoms with Gasteiger partial charge in [0.1, 0.15) is 0 Å². The summed E-state index contributed by atoms with van der Waals surface area (Å²) in [6, 6.07) is 23.5. The standard InChI is InChI=1S/C19H25NOS.C19H23NS/c1-2-3-4-5-7-16-9-11-17(12-10-16)19(21)20-14-13-18-8-6-15-22-18;1-2-3-4-5-6-15-7-9-16(10-8-15)19-17-12-14-21-18(17)11-13-20-19/h6,8-12,15H,2-5,7,13-14H2,1H3,(H,20,21);7-10,12,14H,2-6,11,13H2,1H3. The van der Waals surface area contributed by atoms with Crippen molar-refractivity contribution in [3.05, 3.63) is 115 Å². The summed E-state index contributed by atoms with van der Waals surface area (Å²) in [5.74, 6) is 0.0223. The number of carbonyl (C=O) groups is 1. The molecule has 5 heteroatoms. The van der Waals surface area contributed by atoms with Crippen molar-refractivity contribution in [2.24, 2.45) is 4.99 Å². The van der Waals surface area contributed by atoms with Crippen LogP contribution >= 0.6 is 22.7 Å². The summed E-state index contributed by atoms with van der Waals surface area (Å²) in [7, 11) is 0. The average molecular weight is 613 g/mol. The third kappa shape index (κ3) is 10.9. The molecule has 1 N–H and O–H groups in total. The van der Waals surface area contributed by atoms with Crippen LogP contribution in [0, 0.1) is 0 Å². The van der Waals surface area contributed by atoms with Crippen LogP contribution in [0.1, 0.15) is 108 Å². The predicted molar refractivity (Wildman–Crippen MR) is 187 cm³/mol. The van der Waals surface area contributed by atoms with Crippen molar-refractivity contribution in [1.82, 2.24) is 5.32 Å². The van der Waals surface area contributed by atoms with E-state index in [4.69, 9.17) is 4.99 Å². The van der Waals surface area contributed by atoms with E-state index in [9.17, 15) is 4.79 Å². The number of fused-ring (bicyclic) bond motifs is 1. The first-order valence-electron chi connectivity index (χ1n) is 16.3. The number of thiophene rings is 2. The highest BCUT2D eigenvalue weighted by Gasteiger charge is 2.16. The van der Waals surface area contributed by atoms with E-state index in [-0.39, 0.29) is 5.91 Å². The number of benzene rings is 2. The first-order chi connectivity index (χ1) is 21.2. The number of carbonyl (C=O) groups excluding carboxylic acids is 1. The number of hydrogen-bond donors (Lipinski definition) is 1. The Labute approximate surface area is 267 Å². The van der Waals surface area contributed by atoms with Gasteiger partial charge in [0.25, 0.3) is 5.91 Å². The number of amides is 1. The molecule has 1 aliphatic heterocycles. The topological polar surface area (TPSA) is 41.5 Å². The van der Waals surface area contributed by atoms with Crippen molar-refractivity contribution in [2.75, 3.05) is 13.1 Å². The molecular formula is C38H48N2OS2. The van der Waals surface area contributed by atoms with Gasteiger partial charge < -0.3 is 5.32 Å². The maximum absolute atomic E-state index is 12.1. The molecule has 3 nitrogen and oxygen atoms in total. The lowest BCUT2D eigenvalue weighted by Gasteiger charge is -2.13. The lowest BCUT2D eigenvalue weighted by molar-refractivity contribution is 0.0954. The predicted octanol–water partition coefficient (Wildman–Crippen LogP) is 10.1. The molecule has 1 aliphatic rings. The third-order valence-electron chi connectivity index (χ3n) is 7.93. The van der Waals surface area contributed by atoms with Gasteiger partial charge in [-0.15, -0.1) is 22.7 Å². The van der Waals surface area contributed by atoms with Crippen LogP contribution in [0.15, 0.2) is 82.5 Å². The summed E-state index contributed by atoms with van der Waals surface area (Å²) in [5.41, 5.74) is 7.34. The summed E-state index contributed by atoms with van der Waals surface area (Å²) in [4.78, 5) is 19.6. The molecule has 2 aromatic heterocycles. The van der Waals surface area contributed by atoms with E-state index >= 15 is 0 Å². The summed E-state index contributed by atoms with van der Waals surface area (Å²) in [5, 5.41) is 7.24. The van der Waals surface area contributed by atoms with E-state index in [2.05, 4.69) is 78.5 Å². The van der Waals surface area contributed by atoms with Crippen molar-refractivity contribution < 1.29 is 4.79 Å². The number of nitrogens with one attached hydrogen (secondary N) is 1. The van der Waals surface area contributed by atoms with Gasteiger partial charge in [-0.2, -0.15) is 0 Å². The highest BCUT2D eigenvalue weighted by Crippen LogP contribution is 2.25. The number of hydrogen-bond acceptors (Lipinski definition) is 4. The minimum atomic E-state index is 0.0223. The molecule has 0 fully saturated rings. The van der Waals surface area contributed by atoms with Gasteiger partial charge in [-0.1, -0.05) is 94.8 Å². The SMILES string of the molecule is CCCCCCc1ccc(C(=O)NCCc2cccs2)cc1.CCCCCCc1ccc(C2=NCCc3sccc32)cc1. The summed E-state index contributed by atoms with van der Waals surface area (Å²) >= 11 is 3.59. The Balaban J connectivity index is 0.000000197. The van der Waals surface area contributed by atoms with Gasteiger partial charge in [0, 0.05) is 46.0 Å². The molecule has 3 heterocycles. The highest BCUT2D eigenvalue weighted by atomic mass is 32.1. The van der Waals surface area contributed by atoms with Crippen LogP contribution in [0.3, 0.4) is 0 Å². The first-order valence-corrected chi connectivity index (χ1v) is 18.0. The fraction of sp³-hybridized carbons (Fsp3) is 0.421. The average Bonchev–Trinajstić information content (AvgIpc) is 3.75. The van der Waals surface area contributed by atoms with E-state index in [1.54, 1.807) is 11.3 Å². The summed E-state index contributed by atoms with van der Waals surface area (Å²) in [6.45, 7) is 6.12. The molecule has 0 atom stereocenters. The largest absolute Gasteiger partial charge is 0.352 e. The maximum Gasteiger partial charge on any atom is 0.251 e. The maximum atomic E-state index is 12.1. The molecular weight excluding hydrogens is 565 g/mol. The Hall–Kier alpha value is -3.02. The number of rotatable bonds is 15. The smallest absolute Gasteiger partial charge is 0.251 e. The van der Waals surface area contributed by atoms with Gasteiger partial charge in [0.15, 0.2) is 0 Å². The van der Waals surface area contributed by atoms with Crippen LogP contribution in [0.4, 0.5) is 0 Å². The molecule has 0 aliphatic carbocycles. The second-order valence-electron chi connectivity index (χ2n) is 11.3. The monoisotopic (exact) mass is 612 g/mol. The number of aryl methyl sites for hydroxylation is 2. The highest BCUT2D eigenvalue weighted by molar-refractivity contribution is 7.10. The second-order valence-corrected chi connectivity index (χ2v) is 13.4. The molecule has 0 saturated heterocycles. The Morgan fingerprint density at radius 1 is 0.744 bits per heavy atom. The molecule has 0 radical (unpaired) electrons. The second kappa shape index (κ2) is 18.6. The zero-order chi connectivity index (χ0) is 30.1. The van der Waals surface area contributed by atoms with Gasteiger partial charge in [-0.25, -0.2) is 0 Å². The van der Waals surface area contributed by atoms with E-state index in [1.807, 2.05) is 29.5 Å². The van der Waals surface area contributed by atoms with Crippen molar-refractivity contribution >= 4 is 34.3 Å². The van der Waals surface area contributed by atoms with Crippen molar-refractivity contribution in [3.63, 3.8) is 0 Å². The Kier molecular flexibility index (Phi) is 14.2. The van der Waals surface area contributed by atoms with Crippen LogP contribution in [0.2, 0.25) is 0 Å². The Morgan fingerprint density at radius 2 is 1.42 bits per heavy atom. The van der Waals surface area contributed by atoms with Gasteiger partial charge in [0.05, 0.1) is 5.71 Å². The van der Waals surface area contributed by atoms with Gasteiger partial charge in [-0.3, -0.25) is 9.79 Å². The lowest BCUT2D eigenvalue weighted by atomic mass is 9.97. The van der Waals surface area contributed by atoms with Crippen LogP contribution in [0.5, 0.6) is 0 Å². The molecule has 2 aromatic carbocycles. The van der Waals surface area contributed by atoms with Crippen molar-refractivity contribution in [2.45, 2.75) is 90.9 Å². The molecule has 5 rings (SSSR count). The Morgan fingerprint density at radius 3 is 2.05 bits per heavy atom. The fourth-order valence-electron chi connectivity index (χ4n) is 5.37. The molecule has 4 aromatic rings. The molecule has 0 unspecified atom stereocenters. The molecule has 1 amide bonds. The van der Waals surface area contributed by atoms with Gasteiger partial charge in [-0.05, 0) is 78.3 Å². The minimum absolute atomic E-state index is 0.0223. The van der Waals surface area contributed by atoms with Crippen LogP contribution in [-0.2, 0) is 25.7 Å². The molecule has 228 valence electrons. The van der Waals surface area contributed by atoms with Crippen LogP contribution < -0.4 is 5.32 Å². The molecule has 43 heavy (non-hydrogen) atoms. The van der Waals surface area contributed by atoms with Gasteiger partial charge in [0.2, 0.25) is 0 Å². The first kappa shape index (κ1) is 32.9. The number of aliphatic imine (C=N–C) groups is 1. The van der Waals surface area contributed by atoms with Crippen LogP contribution in [-0.4, -0.2) is 24.7 Å². The molecule has 0 bridgehead atoms. The fourth-order valence-corrected chi connectivity index (χ4v) is 6.94. The number of unbranched alkanes of at least 4 members (excludes halogenated alkanes) is 6. The zero-order valence-corrected chi connectivity index (χ0v) is 27.7. The van der Waals surface area contributed by atoms with Crippen LogP contribution in [0.25, 0.3) is 0 Å². The molecule has 0 saturated carbocycles. The third-order valence-corrected chi connectivity index (χ3v) is 9.84. The normalized spacial score (nSPS) is 12.2. The van der Waals surface area contributed by atoms with E-state index in [0.29, 0.717) is 6.54 Å². The van der Waals surface area contributed by atoms with Crippen molar-refractivity contribution in [1.29, 1.82) is 0 Å². The Bertz CT molecular complexity index is 1370.